The Morgan fingerprint density at radius 1 is 0.517 bits per heavy atom. The maximum Gasteiger partial charge on any atom is 0.306 e. The fourth-order valence-corrected chi connectivity index (χ4v) is 7.20. The number of ether oxygens (including phenoxy) is 1. The van der Waals surface area contributed by atoms with E-state index in [0.29, 0.717) is 19.3 Å². The lowest BCUT2D eigenvalue weighted by Crippen LogP contribution is -2.46. The first kappa shape index (κ1) is 55.6. The summed E-state index contributed by atoms with van der Waals surface area (Å²) in [6.07, 6.45) is 55.7. The number of aliphatic hydroxyl groups is 2. The number of nitrogens with one attached hydrogen (secondary N) is 1. The summed E-state index contributed by atoms with van der Waals surface area (Å²) < 4.78 is 5.90. The molecule has 1 amide bonds. The van der Waals surface area contributed by atoms with E-state index >= 15 is 0 Å². The van der Waals surface area contributed by atoms with Crippen molar-refractivity contribution in [1.29, 1.82) is 0 Å². The normalized spacial score (nSPS) is 13.8. The molecule has 6 heteroatoms. The molecule has 3 atom stereocenters. The van der Waals surface area contributed by atoms with Crippen LogP contribution in [0.1, 0.15) is 233 Å². The molecule has 0 radical (unpaired) electrons. The van der Waals surface area contributed by atoms with Crippen molar-refractivity contribution in [1.82, 2.24) is 5.32 Å². The van der Waals surface area contributed by atoms with Gasteiger partial charge in [0.15, 0.2) is 0 Å². The van der Waals surface area contributed by atoms with Gasteiger partial charge in [-0.15, -0.1) is 0 Å². The maximum absolute atomic E-state index is 13.1. The molecule has 0 aliphatic heterocycles. The average molecular weight is 812 g/mol. The Balaban J connectivity index is 4.62. The van der Waals surface area contributed by atoms with Crippen molar-refractivity contribution in [3.05, 3.63) is 60.8 Å². The van der Waals surface area contributed by atoms with Gasteiger partial charge in [0.1, 0.15) is 6.10 Å². The molecule has 0 aromatic heterocycles. The van der Waals surface area contributed by atoms with E-state index in [1.54, 1.807) is 0 Å². The molecule has 0 saturated heterocycles. The molecule has 0 bridgehead atoms. The summed E-state index contributed by atoms with van der Waals surface area (Å²) in [5, 5.41) is 23.6. The number of hydrogen-bond donors (Lipinski definition) is 3. The number of rotatable bonds is 43. The van der Waals surface area contributed by atoms with Gasteiger partial charge in [0, 0.05) is 6.42 Å². The molecule has 0 aliphatic carbocycles. The lowest BCUT2D eigenvalue weighted by atomic mass is 10.0. The molecule has 0 rings (SSSR count). The minimum absolute atomic E-state index is 0.0485. The van der Waals surface area contributed by atoms with Gasteiger partial charge in [0.25, 0.3) is 0 Å². The molecule has 0 aromatic rings. The summed E-state index contributed by atoms with van der Waals surface area (Å²) >= 11 is 0. The second kappa shape index (κ2) is 45.6. The van der Waals surface area contributed by atoms with Gasteiger partial charge >= 0.3 is 5.97 Å². The Kier molecular flexibility index (Phi) is 43.7. The van der Waals surface area contributed by atoms with E-state index < -0.39 is 18.2 Å². The number of amides is 1. The number of carbonyl (C=O) groups excluding carboxylic acids is 2. The van der Waals surface area contributed by atoms with E-state index in [1.165, 1.54) is 116 Å². The number of aliphatic hydroxyl groups excluding tert-OH is 2. The molecule has 0 fully saturated rings. The van der Waals surface area contributed by atoms with Gasteiger partial charge in [-0.25, -0.2) is 0 Å². The predicted molar refractivity (Wildman–Crippen MR) is 250 cm³/mol. The van der Waals surface area contributed by atoms with Crippen LogP contribution in [0.5, 0.6) is 0 Å². The van der Waals surface area contributed by atoms with Gasteiger partial charge in [0.05, 0.1) is 25.2 Å². The average Bonchev–Trinajstić information content (AvgIpc) is 3.22. The van der Waals surface area contributed by atoms with E-state index in [1.807, 2.05) is 24.3 Å². The minimum atomic E-state index is -0.798. The minimum Gasteiger partial charge on any atom is -0.462 e. The zero-order chi connectivity index (χ0) is 42.4. The summed E-state index contributed by atoms with van der Waals surface area (Å²) in [5.74, 6) is -0.520. The number of hydrogen-bond acceptors (Lipinski definition) is 5. The monoisotopic (exact) mass is 812 g/mol. The van der Waals surface area contributed by atoms with Gasteiger partial charge in [0.2, 0.25) is 5.91 Å². The Bertz CT molecular complexity index is 1050. The maximum atomic E-state index is 13.1. The van der Waals surface area contributed by atoms with Crippen LogP contribution in [0.25, 0.3) is 0 Å². The van der Waals surface area contributed by atoms with Crippen molar-refractivity contribution in [2.45, 2.75) is 251 Å². The molecule has 0 aliphatic rings. The predicted octanol–water partition coefficient (Wildman–Crippen LogP) is 14.5. The molecule has 3 N–H and O–H groups in total. The highest BCUT2D eigenvalue weighted by Crippen LogP contribution is 2.17. The number of carbonyl (C=O) groups is 2. The van der Waals surface area contributed by atoms with Crippen LogP contribution in [0.4, 0.5) is 0 Å². The van der Waals surface area contributed by atoms with Crippen LogP contribution in [0, 0.1) is 0 Å². The molecule has 58 heavy (non-hydrogen) atoms. The molecule has 0 spiro atoms. The lowest BCUT2D eigenvalue weighted by Gasteiger charge is -2.24. The highest BCUT2D eigenvalue weighted by atomic mass is 16.5. The van der Waals surface area contributed by atoms with Crippen molar-refractivity contribution in [2.75, 3.05) is 6.61 Å². The highest BCUT2D eigenvalue weighted by molar-refractivity contribution is 5.77. The third-order valence-corrected chi connectivity index (χ3v) is 10.9. The van der Waals surface area contributed by atoms with Crippen molar-refractivity contribution in [3.63, 3.8) is 0 Å². The van der Waals surface area contributed by atoms with Gasteiger partial charge < -0.3 is 20.3 Å². The Hall–Kier alpha value is -2.44. The standard InChI is InChI=1S/C52H93NO5/c1-4-7-10-13-16-19-21-23-24-25-26-28-30-33-36-39-42-45-52(57)58-48(43-40-37-34-32-29-27-22-20-17-14-11-8-5-2)46-51(56)53-49(47-54)50(55)44-41-38-35-31-18-15-12-9-6-3/h8,11,14,17,20,22-24,27,29,48-50,54-55H,4-7,9-10,12-13,15-16,18-19,21,25-26,28,30-47H2,1-3H3,(H,53,56)/b11-8+,17-14+,22-20+,24-23+,29-27-. The van der Waals surface area contributed by atoms with E-state index in [4.69, 9.17) is 4.74 Å². The Morgan fingerprint density at radius 2 is 0.948 bits per heavy atom. The van der Waals surface area contributed by atoms with Crippen molar-refractivity contribution < 1.29 is 24.5 Å². The van der Waals surface area contributed by atoms with Crippen LogP contribution in [-0.2, 0) is 14.3 Å². The van der Waals surface area contributed by atoms with E-state index in [2.05, 4.69) is 62.5 Å². The van der Waals surface area contributed by atoms with Gasteiger partial charge in [-0.3, -0.25) is 9.59 Å². The Morgan fingerprint density at radius 3 is 1.48 bits per heavy atom. The summed E-state index contributed by atoms with van der Waals surface area (Å²) in [7, 11) is 0. The molecular formula is C52H93NO5. The molecular weight excluding hydrogens is 719 g/mol. The van der Waals surface area contributed by atoms with Crippen LogP contribution in [0.15, 0.2) is 60.8 Å². The zero-order valence-corrected chi connectivity index (χ0v) is 38.2. The zero-order valence-electron chi connectivity index (χ0n) is 38.2. The van der Waals surface area contributed by atoms with Crippen molar-refractivity contribution in [3.8, 4) is 0 Å². The molecule has 3 unspecified atom stereocenters. The summed E-state index contributed by atoms with van der Waals surface area (Å²) in [5.41, 5.74) is 0. The molecule has 0 saturated carbocycles. The van der Waals surface area contributed by atoms with Crippen LogP contribution < -0.4 is 5.32 Å². The number of allylic oxidation sites excluding steroid dienone is 10. The van der Waals surface area contributed by atoms with Gasteiger partial charge in [-0.1, -0.05) is 210 Å². The fourth-order valence-electron chi connectivity index (χ4n) is 7.20. The first-order chi connectivity index (χ1) is 28.5. The second-order valence-corrected chi connectivity index (χ2v) is 16.6. The quantitative estimate of drug-likeness (QED) is 0.0247. The molecule has 6 nitrogen and oxygen atoms in total. The smallest absolute Gasteiger partial charge is 0.306 e. The van der Waals surface area contributed by atoms with Crippen LogP contribution in [-0.4, -0.2) is 46.9 Å². The van der Waals surface area contributed by atoms with E-state index in [0.717, 1.165) is 70.6 Å². The molecule has 0 heterocycles. The first-order valence-corrected chi connectivity index (χ1v) is 24.6. The van der Waals surface area contributed by atoms with Gasteiger partial charge in [-0.2, -0.15) is 0 Å². The molecule has 336 valence electrons. The highest BCUT2D eigenvalue weighted by Gasteiger charge is 2.24. The largest absolute Gasteiger partial charge is 0.462 e. The Labute approximate surface area is 358 Å². The number of unbranched alkanes of at least 4 members (excludes halogenated alkanes) is 24. The number of esters is 1. The van der Waals surface area contributed by atoms with E-state index in [9.17, 15) is 19.8 Å². The molecule has 0 aromatic carbocycles. The SMILES string of the molecule is CC/C=C/C=C/C=C/C=C\CCCCCC(CC(=O)NC(CO)C(O)CCCCCCCCCCC)OC(=O)CCCCCCCCC/C=C/CCCCCCCC. The van der Waals surface area contributed by atoms with Crippen LogP contribution in [0.3, 0.4) is 0 Å². The van der Waals surface area contributed by atoms with Crippen LogP contribution in [0.2, 0.25) is 0 Å². The first-order valence-electron chi connectivity index (χ1n) is 24.6. The summed E-state index contributed by atoms with van der Waals surface area (Å²) in [6.45, 7) is 6.30. The summed E-state index contributed by atoms with van der Waals surface area (Å²) in [6, 6.07) is -0.714. The second-order valence-electron chi connectivity index (χ2n) is 16.6. The van der Waals surface area contributed by atoms with Crippen molar-refractivity contribution >= 4 is 11.9 Å². The van der Waals surface area contributed by atoms with Gasteiger partial charge in [-0.05, 0) is 70.6 Å². The third-order valence-electron chi connectivity index (χ3n) is 10.9. The fraction of sp³-hybridized carbons (Fsp3) is 0.769. The van der Waals surface area contributed by atoms with Crippen molar-refractivity contribution in [2.24, 2.45) is 0 Å². The van der Waals surface area contributed by atoms with E-state index in [-0.39, 0.29) is 24.9 Å². The van der Waals surface area contributed by atoms with Crippen LogP contribution >= 0.6 is 0 Å². The topological polar surface area (TPSA) is 95.9 Å². The third kappa shape index (κ3) is 40.3. The lowest BCUT2D eigenvalue weighted by molar-refractivity contribution is -0.151. The summed E-state index contributed by atoms with van der Waals surface area (Å²) in [4.78, 5) is 26.0.